The monoisotopic (exact) mass is 478 g/mol. The van der Waals surface area contributed by atoms with Crippen LogP contribution in [0.2, 0.25) is 0 Å². The summed E-state index contributed by atoms with van der Waals surface area (Å²) in [7, 11) is 1.45. The zero-order valence-electron chi connectivity index (χ0n) is 21.4. The first kappa shape index (κ1) is 27.5. The van der Waals surface area contributed by atoms with Crippen molar-refractivity contribution in [1.29, 1.82) is 5.26 Å². The van der Waals surface area contributed by atoms with Gasteiger partial charge in [-0.1, -0.05) is 57.9 Å². The Balaban J connectivity index is 2.11. The molecule has 186 valence electrons. The molecule has 0 spiro atoms. The molecular weight excluding hydrogens is 444 g/mol. The Morgan fingerprint density at radius 1 is 1.09 bits per heavy atom. The van der Waals surface area contributed by atoms with Crippen molar-refractivity contribution in [3.63, 3.8) is 0 Å². The Bertz CT molecular complexity index is 1120. The van der Waals surface area contributed by atoms with E-state index in [4.69, 9.17) is 14.2 Å². The van der Waals surface area contributed by atoms with Crippen molar-refractivity contribution in [3.05, 3.63) is 58.7 Å². The third kappa shape index (κ3) is 8.18. The number of carbonyl (C=O) groups is 2. The molecule has 7 heteroatoms. The highest BCUT2D eigenvalue weighted by Crippen LogP contribution is 2.33. The largest absolute Gasteiger partial charge is 0.493 e. The summed E-state index contributed by atoms with van der Waals surface area (Å²) in [6, 6.07) is 12.6. The fourth-order valence-corrected chi connectivity index (χ4v) is 3.29. The molecule has 0 saturated heterocycles. The lowest BCUT2D eigenvalue weighted by Gasteiger charge is -2.23. The molecule has 0 atom stereocenters. The molecule has 0 unspecified atom stereocenters. The Labute approximate surface area is 207 Å². The molecule has 0 radical (unpaired) electrons. The standard InChI is InChI=1S/C28H34N2O5/c1-7-8-13-30-27(32)21(17-29)15-20-10-12-24(25(16-20)33-6)35-26(31)18-34-23-11-9-19(2)14-22(23)28(3,4)5/h9-12,14-16H,7-8,13,18H2,1-6H3,(H,30,32)/b21-15+. The highest BCUT2D eigenvalue weighted by molar-refractivity contribution is 6.01. The van der Waals surface area contributed by atoms with Gasteiger partial charge in [0, 0.05) is 6.54 Å². The van der Waals surface area contributed by atoms with E-state index in [1.807, 2.05) is 32.0 Å². The number of aryl methyl sites for hydroxylation is 1. The second-order valence-corrected chi connectivity index (χ2v) is 9.20. The van der Waals surface area contributed by atoms with Crippen LogP contribution in [0.5, 0.6) is 17.2 Å². The van der Waals surface area contributed by atoms with Crippen molar-refractivity contribution in [2.24, 2.45) is 0 Å². The van der Waals surface area contributed by atoms with Crippen molar-refractivity contribution in [2.45, 2.75) is 52.9 Å². The van der Waals surface area contributed by atoms with Crippen molar-refractivity contribution < 1.29 is 23.8 Å². The normalized spacial score (nSPS) is 11.4. The summed E-state index contributed by atoms with van der Waals surface area (Å²) in [6.45, 7) is 10.5. The van der Waals surface area contributed by atoms with Gasteiger partial charge in [-0.15, -0.1) is 0 Å². The average molecular weight is 479 g/mol. The Morgan fingerprint density at radius 3 is 2.43 bits per heavy atom. The minimum absolute atomic E-state index is 0.0194. The number of nitrogens with zero attached hydrogens (tertiary/aromatic N) is 1. The number of rotatable bonds is 10. The molecule has 0 fully saturated rings. The summed E-state index contributed by atoms with van der Waals surface area (Å²) in [6.07, 6.45) is 3.24. The van der Waals surface area contributed by atoms with Crippen molar-refractivity contribution in [1.82, 2.24) is 5.32 Å². The van der Waals surface area contributed by atoms with Gasteiger partial charge >= 0.3 is 5.97 Å². The predicted octanol–water partition coefficient (Wildman–Crippen LogP) is 5.11. The first-order valence-corrected chi connectivity index (χ1v) is 11.6. The molecule has 2 aromatic carbocycles. The number of nitrogens with one attached hydrogen (secondary N) is 1. The van der Waals surface area contributed by atoms with Gasteiger partial charge in [0.15, 0.2) is 18.1 Å². The number of carbonyl (C=O) groups excluding carboxylic acids is 2. The molecule has 1 amide bonds. The van der Waals surface area contributed by atoms with E-state index in [9.17, 15) is 14.9 Å². The van der Waals surface area contributed by atoms with Crippen LogP contribution in [0.25, 0.3) is 6.08 Å². The van der Waals surface area contributed by atoms with E-state index < -0.39 is 11.9 Å². The van der Waals surface area contributed by atoms with Gasteiger partial charge in [-0.2, -0.15) is 5.26 Å². The number of hydrogen-bond acceptors (Lipinski definition) is 6. The van der Waals surface area contributed by atoms with Crippen molar-refractivity contribution in [3.8, 4) is 23.3 Å². The Kier molecular flexibility index (Phi) is 9.89. The number of ether oxygens (including phenoxy) is 3. The van der Waals surface area contributed by atoms with Crippen LogP contribution in [0.15, 0.2) is 42.0 Å². The number of esters is 1. The number of nitriles is 1. The van der Waals surface area contributed by atoms with Crippen LogP contribution >= 0.6 is 0 Å². The maximum atomic E-state index is 12.5. The Morgan fingerprint density at radius 2 is 1.80 bits per heavy atom. The minimum Gasteiger partial charge on any atom is -0.493 e. The molecule has 2 rings (SSSR count). The van der Waals surface area contributed by atoms with E-state index in [2.05, 4.69) is 32.2 Å². The van der Waals surface area contributed by atoms with E-state index in [-0.39, 0.29) is 23.3 Å². The van der Waals surface area contributed by atoms with Crippen LogP contribution in [0, 0.1) is 18.3 Å². The molecule has 0 bridgehead atoms. The molecule has 0 aliphatic carbocycles. The second-order valence-electron chi connectivity index (χ2n) is 9.20. The van der Waals surface area contributed by atoms with Gasteiger partial charge in [0.2, 0.25) is 0 Å². The van der Waals surface area contributed by atoms with E-state index in [1.165, 1.54) is 13.2 Å². The zero-order chi connectivity index (χ0) is 26.0. The maximum Gasteiger partial charge on any atom is 0.349 e. The molecule has 0 heterocycles. The molecule has 0 saturated carbocycles. The molecular formula is C28H34N2O5. The summed E-state index contributed by atoms with van der Waals surface area (Å²) < 4.78 is 16.6. The fourth-order valence-electron chi connectivity index (χ4n) is 3.29. The Hall–Kier alpha value is -3.79. The maximum absolute atomic E-state index is 12.5. The molecule has 0 aromatic heterocycles. The summed E-state index contributed by atoms with van der Waals surface area (Å²) >= 11 is 0. The van der Waals surface area contributed by atoms with E-state index in [0.29, 0.717) is 23.6 Å². The van der Waals surface area contributed by atoms with Crippen LogP contribution in [-0.4, -0.2) is 32.1 Å². The summed E-state index contributed by atoms with van der Waals surface area (Å²) in [5.41, 5.74) is 2.52. The average Bonchev–Trinajstić information content (AvgIpc) is 2.81. The summed E-state index contributed by atoms with van der Waals surface area (Å²) in [5, 5.41) is 12.1. The van der Waals surface area contributed by atoms with Gasteiger partial charge in [0.05, 0.1) is 7.11 Å². The van der Waals surface area contributed by atoms with E-state index >= 15 is 0 Å². The smallest absolute Gasteiger partial charge is 0.349 e. The first-order chi connectivity index (χ1) is 16.6. The van der Waals surface area contributed by atoms with Crippen LogP contribution in [-0.2, 0) is 15.0 Å². The van der Waals surface area contributed by atoms with Crippen molar-refractivity contribution >= 4 is 18.0 Å². The van der Waals surface area contributed by atoms with Gasteiger partial charge in [-0.25, -0.2) is 4.79 Å². The molecule has 2 aromatic rings. The lowest BCUT2D eigenvalue weighted by atomic mass is 9.85. The number of unbranched alkanes of at least 4 members (excludes halogenated alkanes) is 1. The van der Waals surface area contributed by atoms with Gasteiger partial charge < -0.3 is 19.5 Å². The van der Waals surface area contributed by atoms with Crippen molar-refractivity contribution in [2.75, 3.05) is 20.3 Å². The summed E-state index contributed by atoms with van der Waals surface area (Å²) in [5.74, 6) is 0.123. The number of methoxy groups -OCH3 is 1. The van der Waals surface area contributed by atoms with Crippen LogP contribution in [0.4, 0.5) is 0 Å². The van der Waals surface area contributed by atoms with Gasteiger partial charge in [-0.05, 0) is 54.2 Å². The molecule has 0 aliphatic rings. The molecule has 0 aliphatic heterocycles. The lowest BCUT2D eigenvalue weighted by Crippen LogP contribution is -2.25. The first-order valence-electron chi connectivity index (χ1n) is 11.6. The van der Waals surface area contributed by atoms with E-state index in [1.54, 1.807) is 18.2 Å². The lowest BCUT2D eigenvalue weighted by molar-refractivity contribution is -0.136. The molecule has 35 heavy (non-hydrogen) atoms. The van der Waals surface area contributed by atoms with Crippen LogP contribution in [0.1, 0.15) is 57.2 Å². The SMILES string of the molecule is CCCCNC(=O)/C(C#N)=C/c1ccc(OC(=O)COc2ccc(C)cc2C(C)(C)C)c(OC)c1. The zero-order valence-corrected chi connectivity index (χ0v) is 21.4. The fraction of sp³-hybridized carbons (Fsp3) is 0.393. The molecule has 7 nitrogen and oxygen atoms in total. The number of amides is 1. The second kappa shape index (κ2) is 12.6. The molecule has 1 N–H and O–H groups in total. The minimum atomic E-state index is -0.583. The number of hydrogen-bond donors (Lipinski definition) is 1. The third-order valence-electron chi connectivity index (χ3n) is 5.19. The number of benzene rings is 2. The van der Waals surface area contributed by atoms with Crippen LogP contribution < -0.4 is 19.5 Å². The predicted molar refractivity (Wildman–Crippen MR) is 136 cm³/mol. The third-order valence-corrected chi connectivity index (χ3v) is 5.19. The van der Waals surface area contributed by atoms with Gasteiger partial charge in [0.25, 0.3) is 5.91 Å². The van der Waals surface area contributed by atoms with Gasteiger partial charge in [-0.3, -0.25) is 4.79 Å². The quantitative estimate of drug-likeness (QED) is 0.168. The highest BCUT2D eigenvalue weighted by Gasteiger charge is 2.20. The van der Waals surface area contributed by atoms with Crippen LogP contribution in [0.3, 0.4) is 0 Å². The van der Waals surface area contributed by atoms with E-state index in [0.717, 1.165) is 24.0 Å². The highest BCUT2D eigenvalue weighted by atomic mass is 16.6. The van der Waals surface area contributed by atoms with Gasteiger partial charge in [0.1, 0.15) is 17.4 Å². The topological polar surface area (TPSA) is 97.7 Å². The summed E-state index contributed by atoms with van der Waals surface area (Å²) in [4.78, 5) is 24.7.